The highest BCUT2D eigenvalue weighted by molar-refractivity contribution is 5.73. The number of aromatic nitrogens is 4. The van der Waals surface area contributed by atoms with E-state index in [1.54, 1.807) is 11.9 Å². The lowest BCUT2D eigenvalue weighted by Crippen LogP contribution is -2.40. The Morgan fingerprint density at radius 3 is 2.88 bits per heavy atom. The fourth-order valence-corrected chi connectivity index (χ4v) is 1.83. The largest absolute Gasteiger partial charge is 0.331 e. The molecule has 1 saturated carbocycles. The van der Waals surface area contributed by atoms with Gasteiger partial charge in [0, 0.05) is 13.6 Å². The molecule has 0 unspecified atom stereocenters. The van der Waals surface area contributed by atoms with E-state index in [1.165, 1.54) is 24.1 Å². The zero-order chi connectivity index (χ0) is 12.3. The topological polar surface area (TPSA) is 75.9 Å². The molecule has 7 nitrogen and oxygen atoms in total. The zero-order valence-electron chi connectivity index (χ0n) is 10.3. The van der Waals surface area contributed by atoms with Gasteiger partial charge in [-0.1, -0.05) is 6.42 Å². The molecule has 0 aromatic carbocycles. The molecule has 94 valence electrons. The van der Waals surface area contributed by atoms with Gasteiger partial charge in [-0.05, 0) is 24.0 Å². The number of carbonyl (C=O) groups excluding carboxylic acids is 1. The Kier molecular flexibility index (Phi) is 3.55. The first-order valence-electron chi connectivity index (χ1n) is 5.87. The molecule has 1 aromatic rings. The molecular weight excluding hydrogens is 220 g/mol. The van der Waals surface area contributed by atoms with E-state index in [2.05, 4.69) is 20.7 Å². The fraction of sp³-hybridized carbons (Fsp3) is 0.800. The number of aryl methyl sites for hydroxylation is 1. The third-order valence-corrected chi connectivity index (χ3v) is 3.05. The van der Waals surface area contributed by atoms with Crippen LogP contribution < -0.4 is 5.32 Å². The van der Waals surface area contributed by atoms with E-state index in [-0.39, 0.29) is 6.03 Å². The highest BCUT2D eigenvalue weighted by atomic mass is 16.2. The summed E-state index contributed by atoms with van der Waals surface area (Å²) in [6, 6.07) is -0.0793. The number of tetrazole rings is 1. The predicted octanol–water partition coefficient (Wildman–Crippen LogP) is 0.152. The van der Waals surface area contributed by atoms with Crippen molar-refractivity contribution in [3.05, 3.63) is 5.82 Å². The van der Waals surface area contributed by atoms with Gasteiger partial charge < -0.3 is 10.2 Å². The summed E-state index contributed by atoms with van der Waals surface area (Å²) >= 11 is 0. The molecule has 0 aliphatic heterocycles. The summed E-state index contributed by atoms with van der Waals surface area (Å²) in [6.07, 6.45) is 3.77. The molecule has 7 heteroatoms. The van der Waals surface area contributed by atoms with E-state index >= 15 is 0 Å². The van der Waals surface area contributed by atoms with Crippen molar-refractivity contribution in [2.24, 2.45) is 13.0 Å². The third-order valence-electron chi connectivity index (χ3n) is 3.05. The van der Waals surface area contributed by atoms with Crippen molar-refractivity contribution >= 4 is 6.03 Å². The Bertz CT molecular complexity index is 386. The summed E-state index contributed by atoms with van der Waals surface area (Å²) in [5, 5.41) is 14.3. The molecule has 1 N–H and O–H groups in total. The maximum atomic E-state index is 11.7. The van der Waals surface area contributed by atoms with E-state index in [1.807, 2.05) is 7.05 Å². The quantitative estimate of drug-likeness (QED) is 0.810. The number of amides is 2. The van der Waals surface area contributed by atoms with Gasteiger partial charge in [-0.25, -0.2) is 4.79 Å². The average molecular weight is 238 g/mol. The number of nitrogens with one attached hydrogen (secondary N) is 1. The van der Waals surface area contributed by atoms with Gasteiger partial charge in [0.1, 0.15) is 0 Å². The number of urea groups is 1. The summed E-state index contributed by atoms with van der Waals surface area (Å²) in [7, 11) is 3.51. The minimum absolute atomic E-state index is 0.0793. The highest BCUT2D eigenvalue weighted by Gasteiger charge is 2.21. The van der Waals surface area contributed by atoms with E-state index in [9.17, 15) is 4.79 Å². The van der Waals surface area contributed by atoms with E-state index in [0.717, 1.165) is 6.54 Å². The Hall–Kier alpha value is -1.66. The average Bonchev–Trinajstić information content (AvgIpc) is 2.66. The van der Waals surface area contributed by atoms with Gasteiger partial charge >= 0.3 is 6.03 Å². The van der Waals surface area contributed by atoms with Crippen molar-refractivity contribution in [1.82, 2.24) is 30.4 Å². The van der Waals surface area contributed by atoms with Gasteiger partial charge in [-0.15, -0.1) is 10.2 Å². The molecule has 1 heterocycles. The molecule has 2 rings (SSSR count). The lowest BCUT2D eigenvalue weighted by Gasteiger charge is -2.30. The van der Waals surface area contributed by atoms with Crippen LogP contribution in [-0.2, 0) is 13.6 Å². The van der Waals surface area contributed by atoms with Gasteiger partial charge in [0.2, 0.25) is 0 Å². The van der Waals surface area contributed by atoms with Crippen molar-refractivity contribution in [1.29, 1.82) is 0 Å². The molecule has 1 aliphatic rings. The van der Waals surface area contributed by atoms with Crippen LogP contribution in [0.1, 0.15) is 25.1 Å². The van der Waals surface area contributed by atoms with Crippen LogP contribution in [0.25, 0.3) is 0 Å². The standard InChI is InChI=1S/C10H18N6O/c1-15(7-8-4-3-5-8)10(17)11-6-9-12-14-16(2)13-9/h8H,3-7H2,1-2H3,(H,11,17). The number of rotatable bonds is 4. The van der Waals surface area contributed by atoms with Gasteiger partial charge in [0.15, 0.2) is 5.82 Å². The Labute approximate surface area is 100 Å². The lowest BCUT2D eigenvalue weighted by molar-refractivity contribution is 0.182. The molecule has 17 heavy (non-hydrogen) atoms. The number of hydrogen-bond donors (Lipinski definition) is 1. The van der Waals surface area contributed by atoms with Crippen LogP contribution in [0, 0.1) is 5.92 Å². The SMILES string of the molecule is CN(CC1CCC1)C(=O)NCc1nnn(C)n1. The van der Waals surface area contributed by atoms with Crippen molar-refractivity contribution in [2.45, 2.75) is 25.8 Å². The molecule has 1 aromatic heterocycles. The van der Waals surface area contributed by atoms with Crippen LogP contribution >= 0.6 is 0 Å². The molecule has 1 fully saturated rings. The lowest BCUT2D eigenvalue weighted by atomic mass is 9.85. The van der Waals surface area contributed by atoms with Crippen molar-refractivity contribution < 1.29 is 4.79 Å². The van der Waals surface area contributed by atoms with Crippen LogP contribution in [0.15, 0.2) is 0 Å². The van der Waals surface area contributed by atoms with Crippen LogP contribution in [-0.4, -0.2) is 44.7 Å². The number of carbonyl (C=O) groups is 1. The van der Waals surface area contributed by atoms with Crippen LogP contribution in [0.4, 0.5) is 4.79 Å². The van der Waals surface area contributed by atoms with Crippen LogP contribution in [0.5, 0.6) is 0 Å². The number of nitrogens with zero attached hydrogens (tertiary/aromatic N) is 5. The molecule has 0 atom stereocenters. The normalized spacial score (nSPS) is 15.4. The summed E-state index contributed by atoms with van der Waals surface area (Å²) in [5.74, 6) is 1.21. The van der Waals surface area contributed by atoms with Crippen molar-refractivity contribution in [2.75, 3.05) is 13.6 Å². The van der Waals surface area contributed by atoms with Crippen molar-refractivity contribution in [3.8, 4) is 0 Å². The molecule has 0 radical (unpaired) electrons. The monoisotopic (exact) mass is 238 g/mol. The fourth-order valence-electron chi connectivity index (χ4n) is 1.83. The minimum atomic E-state index is -0.0793. The maximum Gasteiger partial charge on any atom is 0.317 e. The summed E-state index contributed by atoms with van der Waals surface area (Å²) in [6.45, 7) is 1.15. The van der Waals surface area contributed by atoms with Gasteiger partial charge in [-0.2, -0.15) is 4.80 Å². The first kappa shape index (κ1) is 11.8. The van der Waals surface area contributed by atoms with Crippen LogP contribution in [0.2, 0.25) is 0 Å². The van der Waals surface area contributed by atoms with Gasteiger partial charge in [0.25, 0.3) is 0 Å². The van der Waals surface area contributed by atoms with E-state index in [0.29, 0.717) is 18.3 Å². The summed E-state index contributed by atoms with van der Waals surface area (Å²) in [4.78, 5) is 14.8. The van der Waals surface area contributed by atoms with E-state index in [4.69, 9.17) is 0 Å². The Morgan fingerprint density at radius 2 is 2.35 bits per heavy atom. The predicted molar refractivity (Wildman–Crippen MR) is 61.0 cm³/mol. The zero-order valence-corrected chi connectivity index (χ0v) is 10.3. The highest BCUT2D eigenvalue weighted by Crippen LogP contribution is 2.26. The minimum Gasteiger partial charge on any atom is -0.331 e. The van der Waals surface area contributed by atoms with E-state index < -0.39 is 0 Å². The van der Waals surface area contributed by atoms with Crippen molar-refractivity contribution in [3.63, 3.8) is 0 Å². The molecule has 0 saturated heterocycles. The molecular formula is C10H18N6O. The Balaban J connectivity index is 1.72. The summed E-state index contributed by atoms with van der Waals surface area (Å²) < 4.78 is 0. The van der Waals surface area contributed by atoms with Crippen LogP contribution in [0.3, 0.4) is 0 Å². The smallest absolute Gasteiger partial charge is 0.317 e. The molecule has 0 bridgehead atoms. The second-order valence-electron chi connectivity index (χ2n) is 4.53. The second kappa shape index (κ2) is 5.11. The third kappa shape index (κ3) is 3.15. The van der Waals surface area contributed by atoms with Gasteiger partial charge in [0.05, 0.1) is 13.6 Å². The Morgan fingerprint density at radius 1 is 1.59 bits per heavy atom. The maximum absolute atomic E-state index is 11.7. The first-order valence-corrected chi connectivity index (χ1v) is 5.87. The number of hydrogen-bond acceptors (Lipinski definition) is 4. The molecule has 2 amide bonds. The second-order valence-corrected chi connectivity index (χ2v) is 4.53. The first-order chi connectivity index (χ1) is 8.15. The molecule has 1 aliphatic carbocycles. The summed E-state index contributed by atoms with van der Waals surface area (Å²) in [5.41, 5.74) is 0. The molecule has 0 spiro atoms. The van der Waals surface area contributed by atoms with Gasteiger partial charge in [-0.3, -0.25) is 0 Å².